The van der Waals surface area contributed by atoms with E-state index in [9.17, 15) is 9.59 Å². The SMILES string of the molecule is CC1(NSc2ccc3c(c2)c(=O)n(C2CNC2)c(=O)n3CC2CC2)CC1. The van der Waals surface area contributed by atoms with Gasteiger partial charge in [-0.15, -0.1) is 0 Å². The van der Waals surface area contributed by atoms with E-state index in [1.807, 2.05) is 22.8 Å². The molecule has 2 aliphatic carbocycles. The largest absolute Gasteiger partial charge is 0.331 e. The van der Waals surface area contributed by atoms with Gasteiger partial charge in [0, 0.05) is 30.1 Å². The van der Waals surface area contributed by atoms with Crippen LogP contribution in [-0.4, -0.2) is 27.8 Å². The standard InChI is InChI=1S/C19H24N4O2S/c1-19(6-7-19)21-26-14-4-5-16-15(8-14)17(24)23(13-9-20-10-13)18(25)22(16)11-12-2-3-12/h4-5,8,12-13,20-21H,2-3,6-7,9-11H2,1H3. The molecule has 1 aromatic heterocycles. The molecule has 1 aliphatic heterocycles. The summed E-state index contributed by atoms with van der Waals surface area (Å²) < 4.78 is 6.80. The second-order valence-electron chi connectivity index (χ2n) is 8.27. The third-order valence-corrected chi connectivity index (χ3v) is 6.91. The summed E-state index contributed by atoms with van der Waals surface area (Å²) in [6.07, 6.45) is 4.73. The van der Waals surface area contributed by atoms with Crippen LogP contribution in [0.25, 0.3) is 10.9 Å². The van der Waals surface area contributed by atoms with E-state index in [1.54, 1.807) is 11.9 Å². The lowest BCUT2D eigenvalue weighted by Crippen LogP contribution is -2.53. The van der Waals surface area contributed by atoms with E-state index in [2.05, 4.69) is 17.0 Å². The van der Waals surface area contributed by atoms with Crippen LogP contribution in [0.15, 0.2) is 32.7 Å². The second kappa shape index (κ2) is 5.97. The van der Waals surface area contributed by atoms with Gasteiger partial charge < -0.3 is 5.32 Å². The van der Waals surface area contributed by atoms with Crippen molar-refractivity contribution in [2.75, 3.05) is 13.1 Å². The molecule has 7 heteroatoms. The van der Waals surface area contributed by atoms with Gasteiger partial charge in [0.2, 0.25) is 0 Å². The lowest BCUT2D eigenvalue weighted by Gasteiger charge is -2.29. The van der Waals surface area contributed by atoms with Gasteiger partial charge in [-0.2, -0.15) is 0 Å². The number of benzene rings is 1. The highest BCUT2D eigenvalue weighted by atomic mass is 32.2. The van der Waals surface area contributed by atoms with E-state index in [0.717, 1.165) is 17.0 Å². The summed E-state index contributed by atoms with van der Waals surface area (Å²) in [6.45, 7) is 4.32. The van der Waals surface area contributed by atoms with Crippen molar-refractivity contribution < 1.29 is 0 Å². The van der Waals surface area contributed by atoms with Crippen molar-refractivity contribution in [2.45, 2.75) is 55.6 Å². The number of hydrogen-bond acceptors (Lipinski definition) is 5. The van der Waals surface area contributed by atoms with Gasteiger partial charge in [0.1, 0.15) is 0 Å². The Labute approximate surface area is 156 Å². The van der Waals surface area contributed by atoms with Crippen molar-refractivity contribution in [3.8, 4) is 0 Å². The average molecular weight is 372 g/mol. The lowest BCUT2D eigenvalue weighted by atomic mass is 10.1. The summed E-state index contributed by atoms with van der Waals surface area (Å²) in [4.78, 5) is 27.2. The third kappa shape index (κ3) is 2.92. The van der Waals surface area contributed by atoms with Crippen LogP contribution in [0.2, 0.25) is 0 Å². The lowest BCUT2D eigenvalue weighted by molar-refractivity contribution is 0.320. The molecule has 1 aromatic carbocycles. The van der Waals surface area contributed by atoms with Crippen LogP contribution in [0.4, 0.5) is 0 Å². The van der Waals surface area contributed by atoms with Crippen LogP contribution in [0.1, 0.15) is 38.6 Å². The molecule has 3 aliphatic rings. The van der Waals surface area contributed by atoms with Crippen molar-refractivity contribution in [3.63, 3.8) is 0 Å². The first-order valence-corrected chi connectivity index (χ1v) is 10.3. The molecule has 0 radical (unpaired) electrons. The predicted molar refractivity (Wildman–Crippen MR) is 104 cm³/mol. The maximum Gasteiger partial charge on any atom is 0.331 e. The van der Waals surface area contributed by atoms with Gasteiger partial charge in [-0.05, 0) is 68.7 Å². The number of rotatable bonds is 6. The van der Waals surface area contributed by atoms with E-state index in [1.165, 1.54) is 30.3 Å². The fourth-order valence-electron chi connectivity index (χ4n) is 3.42. The minimum Gasteiger partial charge on any atom is -0.312 e. The van der Waals surface area contributed by atoms with Gasteiger partial charge in [0.05, 0.1) is 16.9 Å². The summed E-state index contributed by atoms with van der Waals surface area (Å²) in [5.41, 5.74) is 0.702. The highest BCUT2D eigenvalue weighted by molar-refractivity contribution is 7.97. The maximum absolute atomic E-state index is 13.1. The summed E-state index contributed by atoms with van der Waals surface area (Å²) in [5, 5.41) is 3.83. The van der Waals surface area contributed by atoms with Crippen LogP contribution < -0.4 is 21.3 Å². The molecule has 0 spiro atoms. The van der Waals surface area contributed by atoms with E-state index in [0.29, 0.717) is 24.4 Å². The molecule has 0 atom stereocenters. The van der Waals surface area contributed by atoms with Crippen molar-refractivity contribution in [3.05, 3.63) is 39.0 Å². The van der Waals surface area contributed by atoms with E-state index >= 15 is 0 Å². The first-order chi connectivity index (χ1) is 12.5. The first-order valence-electron chi connectivity index (χ1n) is 9.48. The minimum absolute atomic E-state index is 0.0235. The zero-order valence-electron chi connectivity index (χ0n) is 15.0. The molecule has 2 N–H and O–H groups in total. The van der Waals surface area contributed by atoms with Crippen LogP contribution >= 0.6 is 11.9 Å². The molecule has 138 valence electrons. The first kappa shape index (κ1) is 16.6. The third-order valence-electron chi connectivity index (χ3n) is 5.82. The molecular weight excluding hydrogens is 348 g/mol. The zero-order valence-corrected chi connectivity index (χ0v) is 15.8. The molecule has 0 amide bonds. The number of hydrogen-bond donors (Lipinski definition) is 2. The Morgan fingerprint density at radius 1 is 1.27 bits per heavy atom. The Kier molecular flexibility index (Phi) is 3.81. The molecular formula is C19H24N4O2S. The Morgan fingerprint density at radius 3 is 2.65 bits per heavy atom. The summed E-state index contributed by atoms with van der Waals surface area (Å²) in [7, 11) is 0. The molecule has 6 nitrogen and oxygen atoms in total. The van der Waals surface area contributed by atoms with Gasteiger partial charge >= 0.3 is 5.69 Å². The number of fused-ring (bicyclic) bond motifs is 1. The van der Waals surface area contributed by atoms with Crippen LogP contribution in [0.5, 0.6) is 0 Å². The molecule has 0 bridgehead atoms. The summed E-state index contributed by atoms with van der Waals surface area (Å²) in [5.74, 6) is 0.576. The predicted octanol–water partition coefficient (Wildman–Crippen LogP) is 1.87. The molecule has 2 heterocycles. The van der Waals surface area contributed by atoms with Crippen molar-refractivity contribution >= 4 is 22.9 Å². The summed E-state index contributed by atoms with van der Waals surface area (Å²) in [6, 6.07) is 5.89. The van der Waals surface area contributed by atoms with Crippen molar-refractivity contribution in [2.24, 2.45) is 5.92 Å². The molecule has 3 fully saturated rings. The Hall–Kier alpha value is -1.57. The van der Waals surface area contributed by atoms with E-state index < -0.39 is 0 Å². The average Bonchev–Trinajstić information content (AvgIpc) is 3.50. The zero-order chi connectivity index (χ0) is 17.9. The normalized spacial score (nSPS) is 21.7. The second-order valence-corrected chi connectivity index (χ2v) is 9.15. The molecule has 26 heavy (non-hydrogen) atoms. The number of aromatic nitrogens is 2. The number of nitrogens with one attached hydrogen (secondary N) is 2. The minimum atomic E-state index is -0.149. The van der Waals surface area contributed by atoms with E-state index in [-0.39, 0.29) is 22.8 Å². The Bertz CT molecular complexity index is 983. The van der Waals surface area contributed by atoms with Crippen LogP contribution in [0.3, 0.4) is 0 Å². The smallest absolute Gasteiger partial charge is 0.312 e. The Morgan fingerprint density at radius 2 is 2.04 bits per heavy atom. The molecule has 2 saturated carbocycles. The van der Waals surface area contributed by atoms with Gasteiger partial charge in [-0.25, -0.2) is 4.79 Å². The topological polar surface area (TPSA) is 68.1 Å². The van der Waals surface area contributed by atoms with Crippen molar-refractivity contribution in [1.82, 2.24) is 19.2 Å². The quantitative estimate of drug-likeness (QED) is 0.758. The van der Waals surface area contributed by atoms with Gasteiger partial charge in [-0.1, -0.05) is 0 Å². The highest BCUT2D eigenvalue weighted by Crippen LogP contribution is 2.37. The van der Waals surface area contributed by atoms with Gasteiger partial charge in [0.25, 0.3) is 5.56 Å². The maximum atomic E-state index is 13.1. The summed E-state index contributed by atoms with van der Waals surface area (Å²) >= 11 is 1.59. The molecule has 0 unspecified atom stereocenters. The Balaban J connectivity index is 1.61. The molecule has 1 saturated heterocycles. The highest BCUT2D eigenvalue weighted by Gasteiger charge is 2.37. The van der Waals surface area contributed by atoms with Crippen molar-refractivity contribution in [1.29, 1.82) is 0 Å². The van der Waals surface area contributed by atoms with Crippen LogP contribution in [-0.2, 0) is 6.54 Å². The van der Waals surface area contributed by atoms with Gasteiger partial charge in [0.15, 0.2) is 0 Å². The fourth-order valence-corrected chi connectivity index (χ4v) is 4.30. The van der Waals surface area contributed by atoms with Gasteiger partial charge in [-0.3, -0.25) is 18.7 Å². The van der Waals surface area contributed by atoms with Crippen LogP contribution in [0, 0.1) is 5.92 Å². The van der Waals surface area contributed by atoms with E-state index in [4.69, 9.17) is 0 Å². The molecule has 5 rings (SSSR count). The number of nitrogens with zero attached hydrogens (tertiary/aromatic N) is 2. The monoisotopic (exact) mass is 372 g/mol. The fraction of sp³-hybridized carbons (Fsp3) is 0.579. The molecule has 2 aromatic rings.